The molecule has 4 rings (SSSR count). The quantitative estimate of drug-likeness (QED) is 0.692. The number of benzene rings is 1. The lowest BCUT2D eigenvalue weighted by Crippen LogP contribution is -2.38. The summed E-state index contributed by atoms with van der Waals surface area (Å²) in [4.78, 5) is 41.7. The number of rotatable bonds is 3. The van der Waals surface area contributed by atoms with Crippen LogP contribution >= 0.6 is 0 Å². The molecule has 0 radical (unpaired) electrons. The molecule has 1 amide bonds. The van der Waals surface area contributed by atoms with Gasteiger partial charge in [0.05, 0.1) is 5.56 Å². The molecule has 2 aromatic heterocycles. The maximum atomic E-state index is 12.6. The summed E-state index contributed by atoms with van der Waals surface area (Å²) >= 11 is 0. The van der Waals surface area contributed by atoms with Crippen molar-refractivity contribution >= 4 is 22.9 Å². The van der Waals surface area contributed by atoms with E-state index in [-0.39, 0.29) is 5.91 Å². The number of hydrogen-bond donors (Lipinski definition) is 1. The van der Waals surface area contributed by atoms with Crippen LogP contribution in [0.25, 0.3) is 17.0 Å². The van der Waals surface area contributed by atoms with E-state index in [9.17, 15) is 14.4 Å². The zero-order chi connectivity index (χ0) is 20.5. The topological polar surface area (TPSA) is 80.1 Å². The Balaban J connectivity index is 1.44. The maximum absolute atomic E-state index is 12.6. The third kappa shape index (κ3) is 3.55. The largest absolute Gasteiger partial charge is 0.361 e. The molecule has 150 valence electrons. The third-order valence-electron chi connectivity index (χ3n) is 5.75. The molecule has 0 unspecified atom stereocenters. The standard InChI is InChI=1S/C22H24N4O3/c1-24-14-16(21(28)25(2)22(24)29)7-8-20(27)26-11-9-15(10-12-26)18-13-23-19-6-4-3-5-17(18)19/h3-8,13-15,23H,9-12H2,1-2H3/b8-7+. The van der Waals surface area contributed by atoms with Gasteiger partial charge < -0.3 is 14.5 Å². The van der Waals surface area contributed by atoms with Crippen molar-refractivity contribution in [2.45, 2.75) is 18.8 Å². The highest BCUT2D eigenvalue weighted by molar-refractivity contribution is 5.91. The first-order chi connectivity index (χ1) is 14.0. The summed E-state index contributed by atoms with van der Waals surface area (Å²) in [5.74, 6) is 0.313. The molecule has 1 fully saturated rings. The highest BCUT2D eigenvalue weighted by Gasteiger charge is 2.24. The monoisotopic (exact) mass is 392 g/mol. The van der Waals surface area contributed by atoms with E-state index in [0.29, 0.717) is 24.6 Å². The summed E-state index contributed by atoms with van der Waals surface area (Å²) in [6.45, 7) is 1.36. The number of likely N-dealkylation sites (tertiary alicyclic amines) is 1. The molecule has 1 aliphatic rings. The maximum Gasteiger partial charge on any atom is 0.330 e. The summed E-state index contributed by atoms with van der Waals surface area (Å²) < 4.78 is 2.37. The Hall–Kier alpha value is -3.35. The van der Waals surface area contributed by atoms with Gasteiger partial charge in [-0.25, -0.2) is 4.79 Å². The molecular weight excluding hydrogens is 368 g/mol. The van der Waals surface area contributed by atoms with Gasteiger partial charge in [0.1, 0.15) is 0 Å². The molecule has 0 bridgehead atoms. The molecule has 0 spiro atoms. The molecule has 0 atom stereocenters. The minimum Gasteiger partial charge on any atom is -0.361 e. The lowest BCUT2D eigenvalue weighted by molar-refractivity contribution is -0.126. The van der Waals surface area contributed by atoms with E-state index >= 15 is 0 Å². The summed E-state index contributed by atoms with van der Waals surface area (Å²) in [5.41, 5.74) is 1.98. The van der Waals surface area contributed by atoms with Gasteiger partial charge in [0, 0.05) is 56.6 Å². The number of carbonyl (C=O) groups is 1. The lowest BCUT2D eigenvalue weighted by atomic mass is 9.89. The molecule has 1 saturated heterocycles. The van der Waals surface area contributed by atoms with Gasteiger partial charge >= 0.3 is 5.69 Å². The van der Waals surface area contributed by atoms with Crippen molar-refractivity contribution in [2.75, 3.05) is 13.1 Å². The van der Waals surface area contributed by atoms with Crippen LogP contribution in [0.4, 0.5) is 0 Å². The van der Waals surface area contributed by atoms with Gasteiger partial charge in [0.15, 0.2) is 0 Å². The van der Waals surface area contributed by atoms with Gasteiger partial charge in [0.25, 0.3) is 5.56 Å². The fraction of sp³-hybridized carbons (Fsp3) is 0.318. The smallest absolute Gasteiger partial charge is 0.330 e. The number of fused-ring (bicyclic) bond motifs is 1. The molecule has 3 aromatic rings. The number of piperidine rings is 1. The second kappa shape index (κ2) is 7.58. The molecule has 1 aliphatic heterocycles. The number of nitrogens with one attached hydrogen (secondary N) is 1. The summed E-state index contributed by atoms with van der Waals surface area (Å²) in [6, 6.07) is 8.28. The van der Waals surface area contributed by atoms with Gasteiger partial charge in [-0.2, -0.15) is 0 Å². The highest BCUT2D eigenvalue weighted by Crippen LogP contribution is 2.33. The number of aromatic amines is 1. The Bertz CT molecular complexity index is 1210. The van der Waals surface area contributed by atoms with Gasteiger partial charge in [-0.1, -0.05) is 18.2 Å². The molecule has 7 heteroatoms. The molecule has 0 saturated carbocycles. The van der Waals surface area contributed by atoms with Gasteiger partial charge in [-0.15, -0.1) is 0 Å². The number of hydrogen-bond acceptors (Lipinski definition) is 3. The van der Waals surface area contributed by atoms with E-state index in [1.807, 2.05) is 17.0 Å². The number of aryl methyl sites for hydroxylation is 1. The van der Waals surface area contributed by atoms with Crippen molar-refractivity contribution in [3.05, 3.63) is 74.7 Å². The SMILES string of the molecule is Cn1cc(/C=C/C(=O)N2CCC(c3c[nH]c4ccccc34)CC2)c(=O)n(C)c1=O. The van der Waals surface area contributed by atoms with Crippen molar-refractivity contribution in [1.82, 2.24) is 19.0 Å². The molecule has 29 heavy (non-hydrogen) atoms. The zero-order valence-corrected chi connectivity index (χ0v) is 16.6. The third-order valence-corrected chi connectivity index (χ3v) is 5.75. The molecule has 3 heterocycles. The van der Waals surface area contributed by atoms with Crippen LogP contribution in [0.3, 0.4) is 0 Å². The van der Waals surface area contributed by atoms with Crippen LogP contribution in [0.1, 0.15) is 29.9 Å². The number of carbonyl (C=O) groups excluding carboxylic acids is 1. The first kappa shape index (κ1) is 19.0. The molecule has 1 aromatic carbocycles. The van der Waals surface area contributed by atoms with Crippen molar-refractivity contribution in [1.29, 1.82) is 0 Å². The number of amides is 1. The van der Waals surface area contributed by atoms with Crippen molar-refractivity contribution < 1.29 is 4.79 Å². The normalized spacial score (nSPS) is 15.4. The van der Waals surface area contributed by atoms with Gasteiger partial charge in [-0.3, -0.25) is 14.2 Å². The zero-order valence-electron chi connectivity index (χ0n) is 16.6. The van der Waals surface area contributed by atoms with Crippen molar-refractivity contribution in [3.63, 3.8) is 0 Å². The Kier molecular flexibility index (Phi) is 4.96. The molecule has 7 nitrogen and oxygen atoms in total. The van der Waals surface area contributed by atoms with Crippen LogP contribution in [0.5, 0.6) is 0 Å². The molecule has 0 aliphatic carbocycles. The number of nitrogens with zero attached hydrogens (tertiary/aromatic N) is 3. The fourth-order valence-electron chi connectivity index (χ4n) is 4.06. The number of aromatic nitrogens is 3. The Morgan fingerprint density at radius 2 is 1.86 bits per heavy atom. The van der Waals surface area contributed by atoms with E-state index < -0.39 is 11.2 Å². The first-order valence-corrected chi connectivity index (χ1v) is 9.75. The minimum absolute atomic E-state index is 0.113. The predicted molar refractivity (Wildman–Crippen MR) is 113 cm³/mol. The average molecular weight is 392 g/mol. The van der Waals surface area contributed by atoms with Crippen LogP contribution in [-0.4, -0.2) is 38.0 Å². The van der Waals surface area contributed by atoms with E-state index in [1.165, 1.54) is 40.9 Å². The van der Waals surface area contributed by atoms with Gasteiger partial charge in [-0.05, 0) is 36.5 Å². The lowest BCUT2D eigenvalue weighted by Gasteiger charge is -2.31. The van der Waals surface area contributed by atoms with Gasteiger partial charge in [0.2, 0.25) is 5.91 Å². The van der Waals surface area contributed by atoms with Crippen LogP contribution < -0.4 is 11.2 Å². The molecular formula is C22H24N4O3. The van der Waals surface area contributed by atoms with E-state index in [0.717, 1.165) is 22.9 Å². The fourth-order valence-corrected chi connectivity index (χ4v) is 4.06. The minimum atomic E-state index is -0.407. The number of H-pyrrole nitrogens is 1. The predicted octanol–water partition coefficient (Wildman–Crippen LogP) is 1.98. The average Bonchev–Trinajstić information content (AvgIpc) is 3.18. The summed E-state index contributed by atoms with van der Waals surface area (Å²) in [7, 11) is 3.01. The van der Waals surface area contributed by atoms with Crippen LogP contribution in [0, 0.1) is 0 Å². The highest BCUT2D eigenvalue weighted by atomic mass is 16.2. The van der Waals surface area contributed by atoms with E-state index in [1.54, 1.807) is 7.05 Å². The number of para-hydroxylation sites is 1. The van der Waals surface area contributed by atoms with Crippen LogP contribution in [0.15, 0.2) is 52.3 Å². The molecule has 1 N–H and O–H groups in total. The second-order valence-electron chi connectivity index (χ2n) is 7.56. The van der Waals surface area contributed by atoms with Crippen LogP contribution in [0.2, 0.25) is 0 Å². The van der Waals surface area contributed by atoms with Crippen LogP contribution in [-0.2, 0) is 18.9 Å². The van der Waals surface area contributed by atoms with Crippen molar-refractivity contribution in [2.24, 2.45) is 14.1 Å². The summed E-state index contributed by atoms with van der Waals surface area (Å²) in [5, 5.41) is 1.25. The Labute approximate surface area is 167 Å². The van der Waals surface area contributed by atoms with Crippen molar-refractivity contribution in [3.8, 4) is 0 Å². The Morgan fingerprint density at radius 1 is 1.14 bits per heavy atom. The van der Waals surface area contributed by atoms with E-state index in [4.69, 9.17) is 0 Å². The summed E-state index contributed by atoms with van der Waals surface area (Å²) in [6.07, 6.45) is 8.27. The first-order valence-electron chi connectivity index (χ1n) is 9.75. The van der Waals surface area contributed by atoms with E-state index in [2.05, 4.69) is 23.3 Å². The Morgan fingerprint density at radius 3 is 2.62 bits per heavy atom. The second-order valence-corrected chi connectivity index (χ2v) is 7.56.